The van der Waals surface area contributed by atoms with Crippen LogP contribution in [0, 0.1) is 0 Å². The van der Waals surface area contributed by atoms with Crippen LogP contribution in [0.25, 0.3) is 6.08 Å². The van der Waals surface area contributed by atoms with E-state index in [-0.39, 0.29) is 19.3 Å². The number of amides is 1. The van der Waals surface area contributed by atoms with E-state index in [1.807, 2.05) is 38.1 Å². The molecular weight excluding hydrogens is 322 g/mol. The second-order valence-electron chi connectivity index (χ2n) is 5.88. The van der Waals surface area contributed by atoms with E-state index in [2.05, 4.69) is 10.4 Å². The molecule has 0 fully saturated rings. The lowest BCUT2D eigenvalue weighted by atomic mass is 10.1. The van der Waals surface area contributed by atoms with E-state index in [4.69, 9.17) is 9.47 Å². The van der Waals surface area contributed by atoms with Crippen LogP contribution in [0.2, 0.25) is 0 Å². The number of nitrogens with one attached hydrogen (secondary N) is 1. The van der Waals surface area contributed by atoms with Crippen LogP contribution >= 0.6 is 0 Å². The van der Waals surface area contributed by atoms with Crippen LogP contribution in [0.3, 0.4) is 0 Å². The maximum Gasteiger partial charge on any atom is 0.338 e. The summed E-state index contributed by atoms with van der Waals surface area (Å²) in [6.07, 6.45) is 3.32. The highest BCUT2D eigenvalue weighted by Crippen LogP contribution is 2.26. The maximum atomic E-state index is 12.1. The molecule has 3 rings (SSSR count). The minimum Gasteiger partial charge on any atom is -0.488 e. The molecular formula is C18H19N3O4. The highest BCUT2D eigenvalue weighted by Gasteiger charge is 2.19. The second-order valence-corrected chi connectivity index (χ2v) is 5.88. The molecule has 1 aliphatic rings. The third-order valence-electron chi connectivity index (χ3n) is 3.66. The molecule has 2 heterocycles. The van der Waals surface area contributed by atoms with Gasteiger partial charge in [-0.05, 0) is 26.0 Å². The van der Waals surface area contributed by atoms with Crippen molar-refractivity contribution in [2.75, 3.05) is 18.5 Å². The van der Waals surface area contributed by atoms with Crippen LogP contribution in [0.4, 0.5) is 5.82 Å². The average molecular weight is 341 g/mol. The van der Waals surface area contributed by atoms with Gasteiger partial charge in [-0.3, -0.25) is 4.79 Å². The van der Waals surface area contributed by atoms with Gasteiger partial charge >= 0.3 is 5.97 Å². The van der Waals surface area contributed by atoms with Gasteiger partial charge in [-0.1, -0.05) is 18.2 Å². The molecule has 1 amide bonds. The molecule has 0 saturated carbocycles. The number of hydrogen-bond acceptors (Lipinski definition) is 5. The number of carbonyl (C=O) groups excluding carboxylic acids is 2. The van der Waals surface area contributed by atoms with Crippen molar-refractivity contribution >= 4 is 23.8 Å². The molecule has 1 aliphatic heterocycles. The number of anilines is 1. The van der Waals surface area contributed by atoms with Crippen LogP contribution < -0.4 is 10.1 Å². The molecule has 0 atom stereocenters. The summed E-state index contributed by atoms with van der Waals surface area (Å²) in [5, 5.41) is 6.81. The molecule has 0 bridgehead atoms. The Morgan fingerprint density at radius 1 is 1.32 bits per heavy atom. The summed E-state index contributed by atoms with van der Waals surface area (Å²) in [6, 6.07) is 9.20. The summed E-state index contributed by atoms with van der Waals surface area (Å²) >= 11 is 0. The first kappa shape index (κ1) is 16.8. The van der Waals surface area contributed by atoms with Crippen molar-refractivity contribution in [3.05, 3.63) is 47.7 Å². The lowest BCUT2D eigenvalue weighted by Gasteiger charge is -2.17. The van der Waals surface area contributed by atoms with Gasteiger partial charge in [0, 0.05) is 17.7 Å². The predicted molar refractivity (Wildman–Crippen MR) is 92.1 cm³/mol. The molecule has 7 heteroatoms. The van der Waals surface area contributed by atoms with Crippen molar-refractivity contribution in [2.24, 2.45) is 0 Å². The molecule has 0 spiro atoms. The molecule has 130 valence electrons. The number of nitrogens with zero attached hydrogens (tertiary/aromatic N) is 2. The first-order valence-electron chi connectivity index (χ1n) is 7.97. The zero-order valence-corrected chi connectivity index (χ0v) is 14.1. The largest absolute Gasteiger partial charge is 0.488 e. The second kappa shape index (κ2) is 7.21. The normalized spacial score (nSPS) is 12.8. The molecule has 25 heavy (non-hydrogen) atoms. The fourth-order valence-electron chi connectivity index (χ4n) is 2.46. The number of esters is 1. The lowest BCUT2D eigenvalue weighted by Crippen LogP contribution is -2.25. The first-order valence-corrected chi connectivity index (χ1v) is 7.97. The van der Waals surface area contributed by atoms with Gasteiger partial charge in [-0.25, -0.2) is 9.48 Å². The van der Waals surface area contributed by atoms with Crippen molar-refractivity contribution < 1.29 is 19.1 Å². The van der Waals surface area contributed by atoms with Gasteiger partial charge in [-0.15, -0.1) is 0 Å². The molecule has 0 unspecified atom stereocenters. The topological polar surface area (TPSA) is 82.5 Å². The monoisotopic (exact) mass is 341 g/mol. The quantitative estimate of drug-likeness (QED) is 0.845. The Balaban J connectivity index is 1.57. The smallest absolute Gasteiger partial charge is 0.338 e. The van der Waals surface area contributed by atoms with Gasteiger partial charge in [0.05, 0.1) is 11.8 Å². The Kier molecular flexibility index (Phi) is 4.83. The molecule has 1 N–H and O–H groups in total. The fraction of sp³-hybridized carbons (Fsp3) is 0.278. The Labute approximate surface area is 145 Å². The Morgan fingerprint density at radius 2 is 2.12 bits per heavy atom. The fourth-order valence-corrected chi connectivity index (χ4v) is 2.46. The van der Waals surface area contributed by atoms with Gasteiger partial charge in [0.15, 0.2) is 6.61 Å². The van der Waals surface area contributed by atoms with Crippen LogP contribution in [-0.2, 0) is 14.3 Å². The van der Waals surface area contributed by atoms with Crippen molar-refractivity contribution in [3.8, 4) is 5.75 Å². The Morgan fingerprint density at radius 3 is 2.92 bits per heavy atom. The molecule has 7 nitrogen and oxygen atoms in total. The maximum absolute atomic E-state index is 12.1. The summed E-state index contributed by atoms with van der Waals surface area (Å²) in [7, 11) is 0. The highest BCUT2D eigenvalue weighted by atomic mass is 16.5. The summed E-state index contributed by atoms with van der Waals surface area (Å²) < 4.78 is 12.3. The number of carbonyl (C=O) groups is 2. The van der Waals surface area contributed by atoms with Crippen LogP contribution in [0.15, 0.2) is 42.1 Å². The molecule has 0 saturated heterocycles. The predicted octanol–water partition coefficient (Wildman–Crippen LogP) is 2.42. The number of aromatic nitrogens is 2. The number of rotatable bonds is 5. The molecule has 2 aromatic rings. The van der Waals surface area contributed by atoms with E-state index < -0.39 is 11.9 Å². The number of para-hydroxylation sites is 1. The SMILES string of the molecule is CC(C)n1nccc1NC(=O)COC(=O)C1=Cc2ccccc2OC1. The van der Waals surface area contributed by atoms with E-state index in [9.17, 15) is 9.59 Å². The van der Waals surface area contributed by atoms with Crippen LogP contribution in [0.1, 0.15) is 25.5 Å². The van der Waals surface area contributed by atoms with Gasteiger partial charge in [-0.2, -0.15) is 5.10 Å². The number of hydrogen-bond donors (Lipinski definition) is 1. The Hall–Kier alpha value is -3.09. The van der Waals surface area contributed by atoms with E-state index in [0.717, 1.165) is 11.3 Å². The average Bonchev–Trinajstić information content (AvgIpc) is 3.07. The number of fused-ring (bicyclic) bond motifs is 1. The minimum atomic E-state index is -0.568. The standard InChI is InChI=1S/C18H19N3O4/c1-12(2)21-16(7-8-19-21)20-17(22)11-25-18(23)14-9-13-5-3-4-6-15(13)24-10-14/h3-9,12H,10-11H2,1-2H3,(H,20,22). The van der Waals surface area contributed by atoms with Gasteiger partial charge < -0.3 is 14.8 Å². The summed E-state index contributed by atoms with van der Waals surface area (Å²) in [6.45, 7) is 3.66. The Bertz CT molecular complexity index is 823. The summed E-state index contributed by atoms with van der Waals surface area (Å²) in [5.41, 5.74) is 1.18. The van der Waals surface area contributed by atoms with E-state index in [0.29, 0.717) is 11.4 Å². The van der Waals surface area contributed by atoms with Crippen molar-refractivity contribution in [3.63, 3.8) is 0 Å². The van der Waals surface area contributed by atoms with Crippen LogP contribution in [0.5, 0.6) is 5.75 Å². The van der Waals surface area contributed by atoms with Gasteiger partial charge in [0.1, 0.15) is 18.2 Å². The minimum absolute atomic E-state index is 0.109. The summed E-state index contributed by atoms with van der Waals surface area (Å²) in [4.78, 5) is 24.1. The van der Waals surface area contributed by atoms with E-state index in [1.165, 1.54) is 0 Å². The third kappa shape index (κ3) is 3.88. The third-order valence-corrected chi connectivity index (χ3v) is 3.66. The molecule has 1 aromatic carbocycles. The van der Waals surface area contributed by atoms with E-state index >= 15 is 0 Å². The van der Waals surface area contributed by atoms with Crippen molar-refractivity contribution in [1.29, 1.82) is 0 Å². The number of ether oxygens (including phenoxy) is 2. The molecule has 1 aromatic heterocycles. The van der Waals surface area contributed by atoms with Crippen molar-refractivity contribution in [2.45, 2.75) is 19.9 Å². The van der Waals surface area contributed by atoms with Crippen LogP contribution in [-0.4, -0.2) is 34.9 Å². The zero-order valence-electron chi connectivity index (χ0n) is 14.1. The van der Waals surface area contributed by atoms with Crippen molar-refractivity contribution in [1.82, 2.24) is 9.78 Å². The molecule has 0 radical (unpaired) electrons. The van der Waals surface area contributed by atoms with E-state index in [1.54, 1.807) is 23.0 Å². The first-order chi connectivity index (χ1) is 12.0. The zero-order chi connectivity index (χ0) is 17.8. The number of benzene rings is 1. The summed E-state index contributed by atoms with van der Waals surface area (Å²) in [5.74, 6) is 0.291. The lowest BCUT2D eigenvalue weighted by molar-refractivity contribution is -0.143. The van der Waals surface area contributed by atoms with Gasteiger partial charge in [0.2, 0.25) is 0 Å². The highest BCUT2D eigenvalue weighted by molar-refractivity contribution is 5.98. The molecule has 0 aliphatic carbocycles. The van der Waals surface area contributed by atoms with Gasteiger partial charge in [0.25, 0.3) is 5.91 Å².